The van der Waals surface area contributed by atoms with E-state index in [1.165, 1.54) is 11.2 Å². The van der Waals surface area contributed by atoms with E-state index >= 15 is 0 Å². The van der Waals surface area contributed by atoms with E-state index in [1.54, 1.807) is 15.5 Å². The zero-order valence-electron chi connectivity index (χ0n) is 15.0. The third kappa shape index (κ3) is 3.57. The average molecular weight is 444 g/mol. The molecule has 1 N–H and O–H groups in total. The summed E-state index contributed by atoms with van der Waals surface area (Å²) in [6.07, 6.45) is 3.05. The fraction of sp³-hybridized carbons (Fsp3) is 0.263. The normalized spacial score (nSPS) is 14.9. The summed E-state index contributed by atoms with van der Waals surface area (Å²) < 4.78 is 2.50. The van der Waals surface area contributed by atoms with Crippen LogP contribution >= 0.6 is 15.9 Å². The highest BCUT2D eigenvalue weighted by molar-refractivity contribution is 9.10. The van der Waals surface area contributed by atoms with Crippen LogP contribution in [0.15, 0.2) is 47.3 Å². The maximum Gasteiger partial charge on any atom is 0.407 e. The van der Waals surface area contributed by atoms with Crippen molar-refractivity contribution in [1.82, 2.24) is 24.4 Å². The zero-order chi connectivity index (χ0) is 19.7. The molecule has 0 unspecified atom stereocenters. The molecule has 2 amide bonds. The maximum absolute atomic E-state index is 13.0. The van der Waals surface area contributed by atoms with Crippen molar-refractivity contribution >= 4 is 33.6 Å². The molecule has 1 aromatic carbocycles. The number of halogens is 1. The summed E-state index contributed by atoms with van der Waals surface area (Å²) in [5, 5.41) is 13.3. The molecule has 28 heavy (non-hydrogen) atoms. The van der Waals surface area contributed by atoms with Gasteiger partial charge in [-0.1, -0.05) is 12.1 Å². The highest BCUT2D eigenvalue weighted by Crippen LogP contribution is 2.26. The number of pyridine rings is 1. The number of rotatable bonds is 2. The number of carbonyl (C=O) groups is 2. The van der Waals surface area contributed by atoms with E-state index in [2.05, 4.69) is 26.0 Å². The third-order valence-electron chi connectivity index (χ3n) is 4.83. The number of carboxylic acid groups (broad SMARTS) is 1. The van der Waals surface area contributed by atoms with Crippen LogP contribution in [0.1, 0.15) is 16.8 Å². The second-order valence-electron chi connectivity index (χ2n) is 6.60. The second kappa shape index (κ2) is 7.59. The summed E-state index contributed by atoms with van der Waals surface area (Å²) in [6, 6.07) is 9.38. The van der Waals surface area contributed by atoms with Crippen LogP contribution in [0.2, 0.25) is 0 Å². The van der Waals surface area contributed by atoms with Crippen molar-refractivity contribution in [2.24, 2.45) is 0 Å². The molecule has 0 bridgehead atoms. The van der Waals surface area contributed by atoms with Crippen molar-refractivity contribution < 1.29 is 14.7 Å². The predicted octanol–water partition coefficient (Wildman–Crippen LogP) is 2.98. The van der Waals surface area contributed by atoms with Crippen LogP contribution in [0.3, 0.4) is 0 Å². The second-order valence-corrected chi connectivity index (χ2v) is 7.46. The van der Waals surface area contributed by atoms with Gasteiger partial charge < -0.3 is 14.9 Å². The predicted molar refractivity (Wildman–Crippen MR) is 106 cm³/mol. The van der Waals surface area contributed by atoms with Gasteiger partial charge in [0.05, 0.1) is 4.47 Å². The summed E-state index contributed by atoms with van der Waals surface area (Å²) in [4.78, 5) is 31.4. The van der Waals surface area contributed by atoms with Crippen molar-refractivity contribution in [3.05, 3.63) is 52.9 Å². The fourth-order valence-corrected chi connectivity index (χ4v) is 3.90. The third-order valence-corrected chi connectivity index (χ3v) is 5.41. The van der Waals surface area contributed by atoms with Gasteiger partial charge in [0, 0.05) is 43.5 Å². The first-order chi connectivity index (χ1) is 13.5. The quantitative estimate of drug-likeness (QED) is 0.657. The molecule has 8 nitrogen and oxygen atoms in total. The number of benzene rings is 1. The lowest BCUT2D eigenvalue weighted by Gasteiger charge is -2.21. The van der Waals surface area contributed by atoms with Crippen molar-refractivity contribution in [2.45, 2.75) is 6.42 Å². The Bertz CT molecular complexity index is 1050. The molecule has 0 radical (unpaired) electrons. The SMILES string of the molecule is O=C(O)N1CCCN(C(=O)c2cccc(-c3cc(Br)c4ncnn4c3)c2)CC1. The molecule has 1 fully saturated rings. The van der Waals surface area contributed by atoms with Crippen LogP contribution in [-0.2, 0) is 0 Å². The Hall–Kier alpha value is -2.94. The molecule has 0 spiro atoms. The first-order valence-corrected chi connectivity index (χ1v) is 9.69. The van der Waals surface area contributed by atoms with Crippen LogP contribution in [0.4, 0.5) is 4.79 Å². The minimum absolute atomic E-state index is 0.0880. The molecule has 3 aromatic rings. The molecule has 144 valence electrons. The average Bonchev–Trinajstić information content (AvgIpc) is 3.03. The smallest absolute Gasteiger partial charge is 0.407 e. The highest BCUT2D eigenvalue weighted by atomic mass is 79.9. The minimum atomic E-state index is -0.939. The molecular weight excluding hydrogens is 426 g/mol. The molecule has 2 aromatic heterocycles. The lowest BCUT2D eigenvalue weighted by Crippen LogP contribution is -2.36. The topological polar surface area (TPSA) is 91.0 Å². The molecule has 0 atom stereocenters. The highest BCUT2D eigenvalue weighted by Gasteiger charge is 2.22. The first kappa shape index (κ1) is 18.4. The van der Waals surface area contributed by atoms with E-state index in [0.717, 1.165) is 21.2 Å². The number of hydrogen-bond acceptors (Lipinski definition) is 4. The summed E-state index contributed by atoms with van der Waals surface area (Å²) in [5.74, 6) is -0.0880. The van der Waals surface area contributed by atoms with E-state index < -0.39 is 6.09 Å². The minimum Gasteiger partial charge on any atom is -0.465 e. The fourth-order valence-electron chi connectivity index (χ4n) is 3.37. The van der Waals surface area contributed by atoms with Crippen molar-refractivity contribution in [2.75, 3.05) is 26.2 Å². The molecule has 0 saturated carbocycles. The number of amides is 2. The Morgan fingerprint density at radius 2 is 1.82 bits per heavy atom. The Balaban J connectivity index is 1.59. The van der Waals surface area contributed by atoms with Gasteiger partial charge in [0.25, 0.3) is 5.91 Å². The lowest BCUT2D eigenvalue weighted by atomic mass is 10.0. The van der Waals surface area contributed by atoms with Crippen LogP contribution < -0.4 is 0 Å². The van der Waals surface area contributed by atoms with Gasteiger partial charge in [-0.25, -0.2) is 14.3 Å². The summed E-state index contributed by atoms with van der Waals surface area (Å²) in [5.41, 5.74) is 3.11. The molecule has 1 aliphatic rings. The molecule has 1 aliphatic heterocycles. The first-order valence-electron chi connectivity index (χ1n) is 8.89. The van der Waals surface area contributed by atoms with E-state index in [-0.39, 0.29) is 5.91 Å². The van der Waals surface area contributed by atoms with Gasteiger partial charge >= 0.3 is 6.09 Å². The Morgan fingerprint density at radius 1 is 1.04 bits per heavy atom. The standard InChI is InChI=1S/C19H18BrN5O3/c20-16-10-15(11-25-17(16)21-12-22-25)13-3-1-4-14(9-13)18(26)23-5-2-6-24(8-7-23)19(27)28/h1,3-4,9-12H,2,5-8H2,(H,27,28). The summed E-state index contributed by atoms with van der Waals surface area (Å²) >= 11 is 3.51. The van der Waals surface area contributed by atoms with E-state index in [4.69, 9.17) is 5.11 Å². The maximum atomic E-state index is 13.0. The van der Waals surface area contributed by atoms with Crippen LogP contribution in [0, 0.1) is 0 Å². The molecule has 1 saturated heterocycles. The lowest BCUT2D eigenvalue weighted by molar-refractivity contribution is 0.0759. The molecule has 3 heterocycles. The molecular formula is C19H18BrN5O3. The largest absolute Gasteiger partial charge is 0.465 e. The molecule has 4 rings (SSSR count). The number of aromatic nitrogens is 3. The van der Waals surface area contributed by atoms with Crippen LogP contribution in [0.5, 0.6) is 0 Å². The Morgan fingerprint density at radius 3 is 2.64 bits per heavy atom. The van der Waals surface area contributed by atoms with Gasteiger partial charge in [-0.05, 0) is 46.1 Å². The van der Waals surface area contributed by atoms with Crippen molar-refractivity contribution in [1.29, 1.82) is 0 Å². The van der Waals surface area contributed by atoms with Crippen molar-refractivity contribution in [3.8, 4) is 11.1 Å². The monoisotopic (exact) mass is 443 g/mol. The van der Waals surface area contributed by atoms with Gasteiger partial charge in [0.15, 0.2) is 5.65 Å². The molecule has 0 aliphatic carbocycles. The van der Waals surface area contributed by atoms with E-state index in [9.17, 15) is 9.59 Å². The van der Waals surface area contributed by atoms with Crippen molar-refractivity contribution in [3.63, 3.8) is 0 Å². The number of hydrogen-bond donors (Lipinski definition) is 1. The Labute approximate surface area is 169 Å². The van der Waals surface area contributed by atoms with E-state index in [1.807, 2.05) is 30.5 Å². The molecule has 9 heteroatoms. The van der Waals surface area contributed by atoms with Gasteiger partial charge in [0.2, 0.25) is 0 Å². The van der Waals surface area contributed by atoms with Crippen LogP contribution in [-0.4, -0.2) is 67.7 Å². The van der Waals surface area contributed by atoms with Gasteiger partial charge in [-0.2, -0.15) is 5.10 Å². The number of fused-ring (bicyclic) bond motifs is 1. The Kier molecular flexibility index (Phi) is 4.99. The zero-order valence-corrected chi connectivity index (χ0v) is 16.5. The summed E-state index contributed by atoms with van der Waals surface area (Å²) in [6.45, 7) is 1.72. The van der Waals surface area contributed by atoms with Crippen LogP contribution in [0.25, 0.3) is 16.8 Å². The van der Waals surface area contributed by atoms with Gasteiger partial charge in [-0.3, -0.25) is 4.79 Å². The summed E-state index contributed by atoms with van der Waals surface area (Å²) in [7, 11) is 0. The van der Waals surface area contributed by atoms with Gasteiger partial charge in [-0.15, -0.1) is 0 Å². The number of nitrogens with zero attached hydrogens (tertiary/aromatic N) is 5. The van der Waals surface area contributed by atoms with E-state index in [0.29, 0.717) is 38.2 Å². The number of carbonyl (C=O) groups excluding carboxylic acids is 1. The van der Waals surface area contributed by atoms with Gasteiger partial charge in [0.1, 0.15) is 6.33 Å².